The molecule has 22 heavy (non-hydrogen) atoms. The molecule has 0 unspecified atom stereocenters. The third kappa shape index (κ3) is 5.46. The second-order valence-corrected chi connectivity index (χ2v) is 5.85. The number of nitrogens with one attached hydrogen (secondary N) is 2. The molecule has 8 heteroatoms. The van der Waals surface area contributed by atoms with E-state index in [0.29, 0.717) is 6.54 Å². The van der Waals surface area contributed by atoms with Crippen molar-refractivity contribution < 1.29 is 23.7 Å². The second kappa shape index (κ2) is 7.38. The summed E-state index contributed by atoms with van der Waals surface area (Å²) in [6, 6.07) is 13.4. The van der Waals surface area contributed by atoms with Crippen molar-refractivity contribution in [1.82, 2.24) is 10.6 Å². The zero-order valence-electron chi connectivity index (χ0n) is 11.7. The zero-order valence-corrected chi connectivity index (χ0v) is 12.6. The summed E-state index contributed by atoms with van der Waals surface area (Å²) in [7, 11) is -4.48. The van der Waals surface area contributed by atoms with E-state index >= 15 is 0 Å². The molecule has 118 valence electrons. The van der Waals surface area contributed by atoms with Crippen molar-refractivity contribution in [3.63, 3.8) is 0 Å². The fourth-order valence-corrected chi connectivity index (χ4v) is 2.25. The summed E-state index contributed by atoms with van der Waals surface area (Å²) in [5, 5.41) is 7.33. The van der Waals surface area contributed by atoms with Gasteiger partial charge >= 0.3 is 13.9 Å². The molecular formula is C14H17N2O5P. The number of amides is 2. The number of phosphoric acid groups is 1. The molecule has 0 aliphatic rings. The fourth-order valence-electron chi connectivity index (χ4n) is 1.92. The van der Waals surface area contributed by atoms with Crippen molar-refractivity contribution in [2.24, 2.45) is 0 Å². The van der Waals surface area contributed by atoms with E-state index in [1.54, 1.807) is 0 Å². The summed E-state index contributed by atoms with van der Waals surface area (Å²) in [6.07, 6.45) is 0. The fraction of sp³-hybridized carbons (Fsp3) is 0.214. The molecule has 2 aromatic rings. The quantitative estimate of drug-likeness (QED) is 0.478. The lowest BCUT2D eigenvalue weighted by atomic mass is 10.1. The molecule has 0 aliphatic carbocycles. The third-order valence-electron chi connectivity index (χ3n) is 2.91. The van der Waals surface area contributed by atoms with Crippen LogP contribution < -0.4 is 10.6 Å². The number of rotatable bonds is 6. The highest BCUT2D eigenvalue weighted by atomic mass is 31.2. The summed E-state index contributed by atoms with van der Waals surface area (Å²) >= 11 is 0. The van der Waals surface area contributed by atoms with E-state index in [9.17, 15) is 9.36 Å². The summed E-state index contributed by atoms with van der Waals surface area (Å²) in [5.74, 6) is 0. The molecule has 0 bridgehead atoms. The van der Waals surface area contributed by atoms with Gasteiger partial charge in [-0.1, -0.05) is 36.4 Å². The number of fused-ring (bicyclic) bond motifs is 1. The van der Waals surface area contributed by atoms with Crippen LogP contribution in [0, 0.1) is 0 Å². The van der Waals surface area contributed by atoms with Gasteiger partial charge in [0.05, 0.1) is 6.61 Å². The predicted molar refractivity (Wildman–Crippen MR) is 82.2 cm³/mol. The van der Waals surface area contributed by atoms with E-state index in [2.05, 4.69) is 15.2 Å². The number of urea groups is 1. The van der Waals surface area contributed by atoms with Crippen LogP contribution >= 0.6 is 7.82 Å². The van der Waals surface area contributed by atoms with E-state index < -0.39 is 13.9 Å². The average Bonchev–Trinajstić information content (AvgIpc) is 2.48. The first kappa shape index (κ1) is 16.5. The van der Waals surface area contributed by atoms with Crippen molar-refractivity contribution in [2.45, 2.75) is 6.54 Å². The van der Waals surface area contributed by atoms with Gasteiger partial charge in [0, 0.05) is 13.1 Å². The molecule has 2 aromatic carbocycles. The van der Waals surface area contributed by atoms with Gasteiger partial charge in [0.2, 0.25) is 0 Å². The Balaban J connectivity index is 1.76. The van der Waals surface area contributed by atoms with Crippen molar-refractivity contribution in [3.05, 3.63) is 48.0 Å². The maximum absolute atomic E-state index is 11.5. The Hall–Kier alpha value is -1.92. The molecule has 0 aromatic heterocycles. The Morgan fingerprint density at radius 1 is 1.09 bits per heavy atom. The maximum Gasteiger partial charge on any atom is 0.469 e. The highest BCUT2D eigenvalue weighted by Gasteiger charge is 2.12. The van der Waals surface area contributed by atoms with Crippen LogP contribution in [0.25, 0.3) is 10.8 Å². The van der Waals surface area contributed by atoms with Gasteiger partial charge in [-0.05, 0) is 22.4 Å². The van der Waals surface area contributed by atoms with Crippen molar-refractivity contribution in [3.8, 4) is 0 Å². The summed E-state index contributed by atoms with van der Waals surface area (Å²) in [5.41, 5.74) is 0.959. The third-order valence-corrected chi connectivity index (χ3v) is 3.43. The lowest BCUT2D eigenvalue weighted by Crippen LogP contribution is -2.36. The van der Waals surface area contributed by atoms with Gasteiger partial charge in [0.25, 0.3) is 0 Å². The molecule has 0 atom stereocenters. The molecule has 2 rings (SSSR count). The largest absolute Gasteiger partial charge is 0.469 e. The standard InChI is InChI=1S/C14H17N2O5P/c17-14(15-7-8-21-22(18,19)20)16-10-11-5-6-12-3-1-2-4-13(12)9-11/h1-6,9H,7-8,10H2,(H2,15,16,17)(H2,18,19,20). The van der Waals surface area contributed by atoms with Gasteiger partial charge in [0.15, 0.2) is 0 Å². The van der Waals surface area contributed by atoms with Gasteiger partial charge in [0.1, 0.15) is 0 Å². The molecule has 0 heterocycles. The van der Waals surface area contributed by atoms with Crippen LogP contribution in [0.15, 0.2) is 42.5 Å². The topological polar surface area (TPSA) is 108 Å². The molecule has 0 saturated heterocycles. The highest BCUT2D eigenvalue weighted by molar-refractivity contribution is 7.46. The van der Waals surface area contributed by atoms with Crippen molar-refractivity contribution in [1.29, 1.82) is 0 Å². The first-order valence-electron chi connectivity index (χ1n) is 6.63. The van der Waals surface area contributed by atoms with Crippen LogP contribution in [-0.2, 0) is 15.6 Å². The van der Waals surface area contributed by atoms with Gasteiger partial charge < -0.3 is 20.4 Å². The molecule has 4 N–H and O–H groups in total. The number of phosphoric ester groups is 1. The van der Waals surface area contributed by atoms with Crippen LogP contribution in [0.3, 0.4) is 0 Å². The lowest BCUT2D eigenvalue weighted by Gasteiger charge is -2.09. The van der Waals surface area contributed by atoms with E-state index in [4.69, 9.17) is 9.79 Å². The summed E-state index contributed by atoms with van der Waals surface area (Å²) in [6.45, 7) is 0.109. The number of benzene rings is 2. The molecule has 2 amide bonds. The molecular weight excluding hydrogens is 307 g/mol. The summed E-state index contributed by atoms with van der Waals surface area (Å²) in [4.78, 5) is 28.5. The van der Waals surface area contributed by atoms with E-state index in [1.807, 2.05) is 42.5 Å². The second-order valence-electron chi connectivity index (χ2n) is 4.61. The Labute approximate surface area is 127 Å². The first-order chi connectivity index (χ1) is 10.4. The van der Waals surface area contributed by atoms with Gasteiger partial charge in [-0.2, -0.15) is 0 Å². The minimum atomic E-state index is -4.48. The van der Waals surface area contributed by atoms with Crippen molar-refractivity contribution in [2.75, 3.05) is 13.2 Å². The van der Waals surface area contributed by atoms with Crippen LogP contribution in [0.4, 0.5) is 4.79 Å². The minimum Gasteiger partial charge on any atom is -0.336 e. The smallest absolute Gasteiger partial charge is 0.336 e. The molecule has 0 fully saturated rings. The number of hydrogen-bond acceptors (Lipinski definition) is 3. The number of hydrogen-bond donors (Lipinski definition) is 4. The van der Waals surface area contributed by atoms with Gasteiger partial charge in [-0.25, -0.2) is 9.36 Å². The average molecular weight is 324 g/mol. The monoisotopic (exact) mass is 324 g/mol. The predicted octanol–water partition coefficient (Wildman–Crippen LogP) is 1.75. The highest BCUT2D eigenvalue weighted by Crippen LogP contribution is 2.35. The van der Waals surface area contributed by atoms with Crippen molar-refractivity contribution >= 4 is 24.6 Å². The number of carbonyl (C=O) groups excluding carboxylic acids is 1. The number of carbonyl (C=O) groups is 1. The van der Waals surface area contributed by atoms with Gasteiger partial charge in [-0.3, -0.25) is 4.52 Å². The molecule has 0 radical (unpaired) electrons. The van der Waals surface area contributed by atoms with Gasteiger partial charge in [-0.15, -0.1) is 0 Å². The first-order valence-corrected chi connectivity index (χ1v) is 8.16. The van der Waals surface area contributed by atoms with E-state index in [-0.39, 0.29) is 13.2 Å². The molecule has 0 spiro atoms. The maximum atomic E-state index is 11.5. The lowest BCUT2D eigenvalue weighted by molar-refractivity contribution is 0.195. The summed E-state index contributed by atoms with van der Waals surface area (Å²) < 4.78 is 14.7. The van der Waals surface area contributed by atoms with E-state index in [0.717, 1.165) is 16.3 Å². The van der Waals surface area contributed by atoms with Crippen LogP contribution in [-0.4, -0.2) is 29.0 Å². The Kier molecular flexibility index (Phi) is 5.51. The SMILES string of the molecule is O=C(NCCOP(=O)(O)O)NCc1ccc2ccccc2c1. The molecule has 0 aliphatic heterocycles. The minimum absolute atomic E-state index is 0.00859. The zero-order chi connectivity index (χ0) is 16.0. The normalized spacial score (nSPS) is 11.4. The Morgan fingerprint density at radius 3 is 2.55 bits per heavy atom. The van der Waals surface area contributed by atoms with Crippen LogP contribution in [0.2, 0.25) is 0 Å². The van der Waals surface area contributed by atoms with Crippen LogP contribution in [0.1, 0.15) is 5.56 Å². The van der Waals surface area contributed by atoms with E-state index in [1.165, 1.54) is 0 Å². The molecule has 7 nitrogen and oxygen atoms in total. The Bertz CT molecular complexity index is 700. The van der Waals surface area contributed by atoms with Crippen LogP contribution in [0.5, 0.6) is 0 Å². The molecule has 0 saturated carbocycles. The Morgan fingerprint density at radius 2 is 1.82 bits per heavy atom.